The molecule has 1 atom stereocenters. The van der Waals surface area contributed by atoms with Crippen molar-refractivity contribution in [3.05, 3.63) is 12.2 Å². The Bertz CT molecular complexity index is 159. The fraction of sp³-hybridized carbons (Fsp3) is 0.833. The van der Waals surface area contributed by atoms with Crippen molar-refractivity contribution < 1.29 is 0 Å². The van der Waals surface area contributed by atoms with Crippen molar-refractivity contribution in [3.8, 4) is 0 Å². The summed E-state index contributed by atoms with van der Waals surface area (Å²) >= 11 is 0. The summed E-state index contributed by atoms with van der Waals surface area (Å²) < 4.78 is 0. The molecule has 1 unspecified atom stereocenters. The summed E-state index contributed by atoms with van der Waals surface area (Å²) in [6.07, 6.45) is 1.21. The predicted octanol–water partition coefficient (Wildman–Crippen LogP) is 3.32. The maximum Gasteiger partial charge on any atom is 0.0304 e. The van der Waals surface area contributed by atoms with Gasteiger partial charge in [-0.3, -0.25) is 4.90 Å². The third kappa shape index (κ3) is 4.47. The lowest BCUT2D eigenvalue weighted by Gasteiger charge is -2.33. The Kier molecular flexibility index (Phi) is 5.31. The van der Waals surface area contributed by atoms with Gasteiger partial charge in [0.25, 0.3) is 0 Å². The van der Waals surface area contributed by atoms with Crippen LogP contribution in [0.2, 0.25) is 0 Å². The van der Waals surface area contributed by atoms with Gasteiger partial charge in [-0.25, -0.2) is 0 Å². The smallest absolute Gasteiger partial charge is 0.0304 e. The van der Waals surface area contributed by atoms with Crippen molar-refractivity contribution in [1.82, 2.24) is 4.90 Å². The number of likely N-dealkylation sites (N-methyl/N-ethyl adjacent to an activating group) is 1. The zero-order chi connectivity index (χ0) is 10.6. The van der Waals surface area contributed by atoms with Gasteiger partial charge >= 0.3 is 0 Å². The van der Waals surface area contributed by atoms with Crippen molar-refractivity contribution in [2.24, 2.45) is 5.92 Å². The average molecular weight is 183 g/mol. The molecule has 0 N–H and O–H groups in total. The Morgan fingerprint density at radius 2 is 1.69 bits per heavy atom. The fourth-order valence-electron chi connectivity index (χ4n) is 1.52. The molecule has 0 saturated carbocycles. The molecule has 0 aliphatic carbocycles. The predicted molar refractivity (Wildman–Crippen MR) is 61.0 cm³/mol. The van der Waals surface area contributed by atoms with Crippen molar-refractivity contribution in [2.45, 2.75) is 53.1 Å². The lowest BCUT2D eigenvalue weighted by Crippen LogP contribution is -2.38. The highest BCUT2D eigenvalue weighted by molar-refractivity contribution is 5.02. The first-order valence-electron chi connectivity index (χ1n) is 5.23. The Hall–Kier alpha value is -0.300. The second-order valence-electron chi connectivity index (χ2n) is 4.75. The van der Waals surface area contributed by atoms with Crippen LogP contribution in [0.3, 0.4) is 0 Å². The monoisotopic (exact) mass is 183 g/mol. The van der Waals surface area contributed by atoms with E-state index in [2.05, 4.69) is 53.1 Å². The van der Waals surface area contributed by atoms with Crippen LogP contribution in [0.25, 0.3) is 0 Å². The Labute approximate surface area is 83.8 Å². The molecule has 0 saturated heterocycles. The lowest BCUT2D eigenvalue weighted by molar-refractivity contribution is 0.198. The molecule has 0 aromatic rings. The van der Waals surface area contributed by atoms with E-state index in [0.29, 0.717) is 12.1 Å². The van der Waals surface area contributed by atoms with Crippen LogP contribution in [0.4, 0.5) is 0 Å². The van der Waals surface area contributed by atoms with Crippen LogP contribution in [-0.4, -0.2) is 24.0 Å². The van der Waals surface area contributed by atoms with Gasteiger partial charge in [-0.15, -0.1) is 0 Å². The molecule has 0 spiro atoms. The largest absolute Gasteiger partial charge is 0.297 e. The summed E-state index contributed by atoms with van der Waals surface area (Å²) in [5, 5.41) is 0. The average Bonchev–Trinajstić information content (AvgIpc) is 1.97. The quantitative estimate of drug-likeness (QED) is 0.591. The van der Waals surface area contributed by atoms with Crippen LogP contribution in [0.1, 0.15) is 41.0 Å². The highest BCUT2D eigenvalue weighted by Crippen LogP contribution is 2.18. The maximum absolute atomic E-state index is 4.07. The minimum Gasteiger partial charge on any atom is -0.297 e. The van der Waals surface area contributed by atoms with Gasteiger partial charge in [0.2, 0.25) is 0 Å². The summed E-state index contributed by atoms with van der Waals surface area (Å²) in [6, 6.07) is 1.14. The number of hydrogen-bond donors (Lipinski definition) is 0. The highest BCUT2D eigenvalue weighted by Gasteiger charge is 2.18. The number of hydrogen-bond acceptors (Lipinski definition) is 1. The third-order valence-electron chi connectivity index (χ3n) is 2.57. The molecule has 0 aliphatic heterocycles. The molecule has 0 heterocycles. The lowest BCUT2D eigenvalue weighted by atomic mass is 9.97. The van der Waals surface area contributed by atoms with Gasteiger partial charge in [-0.2, -0.15) is 0 Å². The minimum atomic E-state index is 0.542. The molecule has 0 aliphatic rings. The van der Waals surface area contributed by atoms with Gasteiger partial charge in [-0.05, 0) is 40.2 Å². The Balaban J connectivity index is 4.33. The standard InChI is InChI=1S/C12H25N/c1-9(2)8-12(10(3)4)13(7)11(5)6/h9,11-12H,3,8H2,1-2,4-7H3. The second kappa shape index (κ2) is 5.43. The summed E-state index contributed by atoms with van der Waals surface area (Å²) in [7, 11) is 2.19. The van der Waals surface area contributed by atoms with Crippen molar-refractivity contribution in [3.63, 3.8) is 0 Å². The van der Waals surface area contributed by atoms with E-state index in [1.54, 1.807) is 0 Å². The molecule has 0 rings (SSSR count). The zero-order valence-electron chi connectivity index (χ0n) is 10.1. The maximum atomic E-state index is 4.07. The van der Waals surface area contributed by atoms with E-state index in [9.17, 15) is 0 Å². The van der Waals surface area contributed by atoms with Gasteiger partial charge in [0.1, 0.15) is 0 Å². The molecule has 13 heavy (non-hydrogen) atoms. The number of nitrogens with zero attached hydrogens (tertiary/aromatic N) is 1. The van der Waals surface area contributed by atoms with Gasteiger partial charge in [0.05, 0.1) is 0 Å². The molecule has 1 heteroatoms. The van der Waals surface area contributed by atoms with Gasteiger partial charge in [-0.1, -0.05) is 26.0 Å². The fourth-order valence-corrected chi connectivity index (χ4v) is 1.52. The topological polar surface area (TPSA) is 3.24 Å². The van der Waals surface area contributed by atoms with Crippen LogP contribution >= 0.6 is 0 Å². The van der Waals surface area contributed by atoms with Crippen LogP contribution in [0, 0.1) is 5.92 Å². The third-order valence-corrected chi connectivity index (χ3v) is 2.57. The summed E-state index contributed by atoms with van der Waals surface area (Å²) in [6.45, 7) is 15.2. The van der Waals surface area contributed by atoms with Gasteiger partial charge in [0.15, 0.2) is 0 Å². The van der Waals surface area contributed by atoms with Crippen LogP contribution < -0.4 is 0 Å². The summed E-state index contributed by atoms with van der Waals surface area (Å²) in [5.74, 6) is 0.739. The van der Waals surface area contributed by atoms with Crippen molar-refractivity contribution in [1.29, 1.82) is 0 Å². The van der Waals surface area contributed by atoms with Crippen LogP contribution in [0.5, 0.6) is 0 Å². The first-order valence-corrected chi connectivity index (χ1v) is 5.23. The Morgan fingerprint density at radius 1 is 1.23 bits per heavy atom. The van der Waals surface area contributed by atoms with Crippen molar-refractivity contribution in [2.75, 3.05) is 7.05 Å². The molecule has 1 nitrogen and oxygen atoms in total. The van der Waals surface area contributed by atoms with E-state index in [1.807, 2.05) is 0 Å². The molecule has 0 fully saturated rings. The van der Waals surface area contributed by atoms with E-state index in [-0.39, 0.29) is 0 Å². The molecular formula is C12H25N. The van der Waals surface area contributed by atoms with E-state index in [4.69, 9.17) is 0 Å². The first kappa shape index (κ1) is 12.7. The molecule has 0 amide bonds. The molecule has 78 valence electrons. The number of rotatable bonds is 5. The van der Waals surface area contributed by atoms with Gasteiger partial charge < -0.3 is 0 Å². The van der Waals surface area contributed by atoms with Crippen molar-refractivity contribution >= 4 is 0 Å². The summed E-state index contributed by atoms with van der Waals surface area (Å²) in [4.78, 5) is 2.41. The second-order valence-corrected chi connectivity index (χ2v) is 4.75. The van der Waals surface area contributed by atoms with E-state index in [0.717, 1.165) is 5.92 Å². The first-order chi connectivity index (χ1) is 5.86. The van der Waals surface area contributed by atoms with E-state index in [1.165, 1.54) is 12.0 Å². The van der Waals surface area contributed by atoms with E-state index >= 15 is 0 Å². The van der Waals surface area contributed by atoms with E-state index < -0.39 is 0 Å². The summed E-state index contributed by atoms with van der Waals surface area (Å²) in [5.41, 5.74) is 1.28. The van der Waals surface area contributed by atoms with Gasteiger partial charge in [0, 0.05) is 12.1 Å². The van der Waals surface area contributed by atoms with Crippen LogP contribution in [0.15, 0.2) is 12.2 Å². The van der Waals surface area contributed by atoms with Crippen LogP contribution in [-0.2, 0) is 0 Å². The highest BCUT2D eigenvalue weighted by atomic mass is 15.1. The normalized spacial score (nSPS) is 14.2. The molecule has 0 aromatic carbocycles. The zero-order valence-corrected chi connectivity index (χ0v) is 10.1. The molecular weight excluding hydrogens is 158 g/mol. The SMILES string of the molecule is C=C(C)C(CC(C)C)N(C)C(C)C. The minimum absolute atomic E-state index is 0.542. The molecule has 0 bridgehead atoms. The Morgan fingerprint density at radius 3 is 1.92 bits per heavy atom. The molecule has 0 radical (unpaired) electrons. The molecule has 0 aromatic heterocycles.